The van der Waals surface area contributed by atoms with Gasteiger partial charge in [-0.15, -0.1) is 0 Å². The van der Waals surface area contributed by atoms with Gasteiger partial charge in [-0.3, -0.25) is 0 Å². The standard InChI is InChI=1S/C24H21NP2Se2/c1-5-13-21(14-6-1)26(22-15-7-2-8-16-22)28-25-29-27(23-17-9-3-10-18-23)24-19-11-4-12-20-24/h1-20,25H. The van der Waals surface area contributed by atoms with Gasteiger partial charge in [0.25, 0.3) is 0 Å². The fourth-order valence-electron chi connectivity index (χ4n) is 2.85. The number of nitrogens with one attached hydrogen (secondary N) is 1. The molecule has 0 aliphatic rings. The van der Waals surface area contributed by atoms with E-state index in [9.17, 15) is 0 Å². The van der Waals surface area contributed by atoms with Crippen molar-refractivity contribution >= 4 is 63.9 Å². The molecular formula is C24H21NP2Se2. The number of hydrogen-bond donors (Lipinski definition) is 1. The summed E-state index contributed by atoms with van der Waals surface area (Å²) in [6, 6.07) is 44.0. The molecule has 5 heteroatoms. The van der Waals surface area contributed by atoms with E-state index in [2.05, 4.69) is 125 Å². The van der Waals surface area contributed by atoms with Crippen LogP contribution in [0.25, 0.3) is 0 Å². The molecule has 0 heterocycles. The zero-order chi connectivity index (χ0) is 19.7. The second-order valence-corrected chi connectivity index (χ2v) is 18.9. The third kappa shape index (κ3) is 5.88. The molecule has 0 aliphatic heterocycles. The first-order valence-corrected chi connectivity index (χ1v) is 18.1. The molecule has 4 rings (SSSR count). The predicted octanol–water partition coefficient (Wildman–Crippen LogP) is 3.91. The quantitative estimate of drug-likeness (QED) is 0.263. The summed E-state index contributed by atoms with van der Waals surface area (Å²) in [5, 5.41) is 5.84. The van der Waals surface area contributed by atoms with Gasteiger partial charge in [0.1, 0.15) is 0 Å². The zero-order valence-electron chi connectivity index (χ0n) is 15.8. The summed E-state index contributed by atoms with van der Waals surface area (Å²) in [7, 11) is 0. The second-order valence-electron chi connectivity index (χ2n) is 6.20. The summed E-state index contributed by atoms with van der Waals surface area (Å²) in [5.74, 6) is 0. The van der Waals surface area contributed by atoms with Gasteiger partial charge in [0.2, 0.25) is 0 Å². The topological polar surface area (TPSA) is 12.0 Å². The molecule has 0 aromatic heterocycles. The van der Waals surface area contributed by atoms with E-state index < -0.39 is 0 Å². The van der Waals surface area contributed by atoms with Crippen molar-refractivity contribution < 1.29 is 0 Å². The van der Waals surface area contributed by atoms with Gasteiger partial charge in [-0.1, -0.05) is 0 Å². The minimum atomic E-state index is -0.342. The van der Waals surface area contributed by atoms with Crippen LogP contribution in [0.5, 0.6) is 0 Å². The number of hydrogen-bond acceptors (Lipinski definition) is 1. The van der Waals surface area contributed by atoms with Crippen molar-refractivity contribution in [2.45, 2.75) is 0 Å². The van der Waals surface area contributed by atoms with Gasteiger partial charge in [-0.2, -0.15) is 0 Å². The Bertz CT molecular complexity index is 824. The summed E-state index contributed by atoms with van der Waals surface area (Å²) in [5.41, 5.74) is 0. The SMILES string of the molecule is c1ccc(P([Se]N[Se]P(c2ccccc2)c2ccccc2)c2ccccc2)cc1. The normalized spacial score (nSPS) is 11.1. The van der Waals surface area contributed by atoms with Gasteiger partial charge < -0.3 is 0 Å². The monoisotopic (exact) mass is 545 g/mol. The molecule has 0 radical (unpaired) electrons. The molecular weight excluding hydrogens is 522 g/mol. The van der Waals surface area contributed by atoms with E-state index >= 15 is 0 Å². The summed E-state index contributed by atoms with van der Waals surface area (Å²) >= 11 is 0.699. The van der Waals surface area contributed by atoms with Crippen molar-refractivity contribution in [2.24, 2.45) is 0 Å². The molecule has 0 unspecified atom stereocenters. The summed E-state index contributed by atoms with van der Waals surface area (Å²) in [6.07, 6.45) is 0. The Hall–Kier alpha value is -1.26. The molecule has 4 aromatic carbocycles. The molecule has 144 valence electrons. The molecule has 1 nitrogen and oxygen atoms in total. The van der Waals surface area contributed by atoms with E-state index in [1.165, 1.54) is 21.2 Å². The Labute approximate surface area is 187 Å². The Morgan fingerprint density at radius 1 is 0.379 bits per heavy atom. The Balaban J connectivity index is 1.53. The Morgan fingerprint density at radius 3 is 0.862 bits per heavy atom. The molecule has 0 saturated heterocycles. The van der Waals surface area contributed by atoms with Gasteiger partial charge in [0.15, 0.2) is 0 Å². The molecule has 0 aliphatic carbocycles. The maximum absolute atomic E-state index is 3.96. The van der Waals surface area contributed by atoms with Crippen LogP contribution in [0.15, 0.2) is 121 Å². The van der Waals surface area contributed by atoms with E-state index in [1.54, 1.807) is 0 Å². The Kier molecular flexibility index (Phi) is 8.12. The zero-order valence-corrected chi connectivity index (χ0v) is 21.0. The van der Waals surface area contributed by atoms with Crippen LogP contribution >= 0.6 is 13.2 Å². The van der Waals surface area contributed by atoms with E-state index in [1.807, 2.05) is 0 Å². The molecule has 29 heavy (non-hydrogen) atoms. The average Bonchev–Trinajstić information content (AvgIpc) is 2.81. The molecule has 4 aromatic rings. The summed E-state index contributed by atoms with van der Waals surface area (Å²) in [6.45, 7) is -0.684. The third-order valence-electron chi connectivity index (χ3n) is 4.22. The molecule has 0 spiro atoms. The number of benzene rings is 4. The van der Waals surface area contributed by atoms with Crippen molar-refractivity contribution in [1.29, 1.82) is 0 Å². The first kappa shape index (κ1) is 21.0. The molecule has 1 N–H and O–H groups in total. The Morgan fingerprint density at radius 2 is 0.621 bits per heavy atom. The van der Waals surface area contributed by atoms with Crippen LogP contribution in [-0.4, -0.2) is 29.5 Å². The fraction of sp³-hybridized carbons (Fsp3) is 0. The van der Waals surface area contributed by atoms with Crippen LogP contribution in [0.1, 0.15) is 0 Å². The van der Waals surface area contributed by atoms with Gasteiger partial charge in [-0.25, -0.2) is 0 Å². The average molecular weight is 543 g/mol. The molecule has 0 atom stereocenters. The van der Waals surface area contributed by atoms with E-state index in [-0.39, 0.29) is 13.2 Å². The first-order chi connectivity index (χ1) is 14.4. The van der Waals surface area contributed by atoms with E-state index in [4.69, 9.17) is 0 Å². The molecule has 0 saturated carbocycles. The molecule has 0 bridgehead atoms. The minimum absolute atomic E-state index is 0.342. The molecule has 0 fully saturated rings. The van der Waals surface area contributed by atoms with Crippen molar-refractivity contribution in [3.05, 3.63) is 121 Å². The predicted molar refractivity (Wildman–Crippen MR) is 133 cm³/mol. The van der Waals surface area contributed by atoms with Crippen LogP contribution < -0.4 is 24.6 Å². The molecule has 0 amide bonds. The van der Waals surface area contributed by atoms with Gasteiger partial charge >= 0.3 is 189 Å². The van der Waals surface area contributed by atoms with E-state index in [0.29, 0.717) is 29.5 Å². The van der Waals surface area contributed by atoms with Crippen molar-refractivity contribution in [1.82, 2.24) is 3.35 Å². The van der Waals surface area contributed by atoms with Crippen LogP contribution in [0.3, 0.4) is 0 Å². The van der Waals surface area contributed by atoms with Gasteiger partial charge in [0.05, 0.1) is 0 Å². The third-order valence-corrected chi connectivity index (χ3v) is 21.2. The number of rotatable bonds is 8. The van der Waals surface area contributed by atoms with Gasteiger partial charge in [-0.05, 0) is 0 Å². The van der Waals surface area contributed by atoms with Crippen LogP contribution in [0.2, 0.25) is 0 Å². The van der Waals surface area contributed by atoms with Crippen LogP contribution in [0, 0.1) is 0 Å². The van der Waals surface area contributed by atoms with Crippen molar-refractivity contribution in [3.8, 4) is 0 Å². The second kappa shape index (κ2) is 11.2. The van der Waals surface area contributed by atoms with Crippen LogP contribution in [-0.2, 0) is 0 Å². The first-order valence-electron chi connectivity index (χ1n) is 9.31. The van der Waals surface area contributed by atoms with Crippen LogP contribution in [0.4, 0.5) is 0 Å². The van der Waals surface area contributed by atoms with Gasteiger partial charge in [0, 0.05) is 0 Å². The fourth-order valence-corrected chi connectivity index (χ4v) is 21.4. The van der Waals surface area contributed by atoms with Crippen molar-refractivity contribution in [3.63, 3.8) is 0 Å². The van der Waals surface area contributed by atoms with E-state index in [0.717, 1.165) is 0 Å². The summed E-state index contributed by atoms with van der Waals surface area (Å²) in [4.78, 5) is 0. The maximum atomic E-state index is 3.96. The summed E-state index contributed by atoms with van der Waals surface area (Å²) < 4.78 is 3.96. The van der Waals surface area contributed by atoms with Crippen molar-refractivity contribution in [2.75, 3.05) is 0 Å².